The topological polar surface area (TPSA) is 29.1 Å². The van der Waals surface area contributed by atoms with Gasteiger partial charge in [-0.3, -0.25) is 0 Å². The van der Waals surface area contributed by atoms with Crippen molar-refractivity contribution in [3.63, 3.8) is 0 Å². The van der Waals surface area contributed by atoms with Crippen LogP contribution in [0.1, 0.15) is 25.7 Å². The second kappa shape index (κ2) is 3.17. The Kier molecular flexibility index (Phi) is 2.46. The maximum atomic E-state index is 11.4. The van der Waals surface area contributed by atoms with Gasteiger partial charge in [0.05, 0.1) is 6.61 Å². The lowest BCUT2D eigenvalue weighted by Crippen LogP contribution is -2.33. The maximum absolute atomic E-state index is 11.4. The summed E-state index contributed by atoms with van der Waals surface area (Å²) < 4.78 is 5.08. The predicted molar refractivity (Wildman–Crippen MR) is 38.0 cm³/mol. The Morgan fingerprint density at radius 2 is 2.40 bits per heavy atom. The third-order valence-electron chi connectivity index (χ3n) is 1.77. The molecule has 1 aliphatic rings. The van der Waals surface area contributed by atoms with Crippen LogP contribution < -0.4 is 0 Å². The summed E-state index contributed by atoms with van der Waals surface area (Å²) >= 11 is 0. The van der Waals surface area contributed by atoms with Crippen molar-refractivity contribution in [2.75, 3.05) is 6.61 Å². The van der Waals surface area contributed by atoms with Gasteiger partial charge in [0.15, 0.2) is 0 Å². The number of hydrogen-bond acceptors (Lipinski definition) is 1. The Morgan fingerprint density at radius 1 is 1.60 bits per heavy atom. The monoisotopic (exact) mass is 141 g/mol. The molecule has 1 unspecified atom stereocenters. The molecule has 1 rings (SSSR count). The Morgan fingerprint density at radius 3 is 2.90 bits per heavy atom. The van der Waals surface area contributed by atoms with Crippen molar-refractivity contribution < 1.29 is 9.84 Å². The van der Waals surface area contributed by atoms with Crippen LogP contribution in [0, 0.1) is 0 Å². The summed E-state index contributed by atoms with van der Waals surface area (Å²) in [6, 6.07) is 0. The third-order valence-corrected chi connectivity index (χ3v) is 1.77. The van der Waals surface area contributed by atoms with E-state index in [4.69, 9.17) is 4.74 Å². The first-order valence-electron chi connectivity index (χ1n) is 3.72. The zero-order valence-electron chi connectivity index (χ0n) is 6.14. The summed E-state index contributed by atoms with van der Waals surface area (Å²) in [7, 11) is 0. The van der Waals surface area contributed by atoms with Gasteiger partial charge < -0.3 is 4.74 Å². The summed E-state index contributed by atoms with van der Waals surface area (Å²) in [5, 5.41) is 11.4. The molecule has 1 atom stereocenters. The van der Waals surface area contributed by atoms with Gasteiger partial charge >= 0.3 is 0 Å². The van der Waals surface area contributed by atoms with Crippen molar-refractivity contribution in [1.29, 1.82) is 0 Å². The average molecular weight is 141 g/mol. The highest BCUT2D eigenvalue weighted by molar-refractivity contribution is 4.80. The summed E-state index contributed by atoms with van der Waals surface area (Å²) in [6.07, 6.45) is 4.74. The van der Waals surface area contributed by atoms with Crippen molar-refractivity contribution in [3.05, 3.63) is 12.7 Å². The smallest absolute Gasteiger partial charge is 0.205 e. The molecule has 0 aliphatic carbocycles. The molecule has 0 amide bonds. The van der Waals surface area contributed by atoms with Gasteiger partial charge in [-0.05, 0) is 12.8 Å². The number of ether oxygens (including phenoxy) is 1. The van der Waals surface area contributed by atoms with Crippen molar-refractivity contribution in [1.82, 2.24) is 0 Å². The fourth-order valence-electron chi connectivity index (χ4n) is 1.21. The Balaban J connectivity index is 2.39. The third kappa shape index (κ3) is 1.82. The van der Waals surface area contributed by atoms with Crippen LogP contribution in [0.3, 0.4) is 0 Å². The molecule has 2 nitrogen and oxygen atoms in total. The molecular weight excluding hydrogens is 128 g/mol. The molecule has 1 radical (unpaired) electrons. The first-order valence-corrected chi connectivity index (χ1v) is 3.72. The average Bonchev–Trinajstić information content (AvgIpc) is 1.89. The highest BCUT2D eigenvalue weighted by atomic mass is 16.6. The Labute approximate surface area is 61.5 Å². The van der Waals surface area contributed by atoms with Gasteiger partial charge in [-0.15, -0.1) is 6.58 Å². The summed E-state index contributed by atoms with van der Waals surface area (Å²) in [6.45, 7) is 4.14. The molecule has 0 saturated carbocycles. The molecule has 1 fully saturated rings. The van der Waals surface area contributed by atoms with Crippen LogP contribution >= 0.6 is 0 Å². The largest absolute Gasteiger partial charge is 0.347 e. The van der Waals surface area contributed by atoms with Gasteiger partial charge in [0.1, 0.15) is 0 Å². The lowest BCUT2D eigenvalue weighted by molar-refractivity contribution is -0.256. The molecular formula is C8H13O2. The van der Waals surface area contributed by atoms with Gasteiger partial charge in [-0.1, -0.05) is 6.08 Å². The van der Waals surface area contributed by atoms with Crippen molar-refractivity contribution in [3.8, 4) is 0 Å². The SMILES string of the molecule is C=CCC1([O])CCCCO1. The summed E-state index contributed by atoms with van der Waals surface area (Å²) in [5.41, 5.74) is 0. The molecule has 0 spiro atoms. The van der Waals surface area contributed by atoms with E-state index in [0.717, 1.165) is 12.8 Å². The number of rotatable bonds is 2. The minimum absolute atomic E-state index is 0.438. The maximum Gasteiger partial charge on any atom is 0.205 e. The van der Waals surface area contributed by atoms with E-state index in [9.17, 15) is 5.11 Å². The highest BCUT2D eigenvalue weighted by Crippen LogP contribution is 2.25. The first kappa shape index (κ1) is 7.76. The molecule has 0 bridgehead atoms. The van der Waals surface area contributed by atoms with Gasteiger partial charge in [0.2, 0.25) is 5.79 Å². The van der Waals surface area contributed by atoms with Crippen molar-refractivity contribution >= 4 is 0 Å². The normalized spacial score (nSPS) is 33.7. The van der Waals surface area contributed by atoms with E-state index in [1.807, 2.05) is 0 Å². The summed E-state index contributed by atoms with van der Waals surface area (Å²) in [4.78, 5) is 0. The van der Waals surface area contributed by atoms with Crippen molar-refractivity contribution in [2.24, 2.45) is 0 Å². The van der Waals surface area contributed by atoms with E-state index >= 15 is 0 Å². The predicted octanol–water partition coefficient (Wildman–Crippen LogP) is 1.89. The lowest BCUT2D eigenvalue weighted by atomic mass is 10.0. The van der Waals surface area contributed by atoms with Crippen LogP contribution in [0.15, 0.2) is 12.7 Å². The Bertz CT molecular complexity index is 114. The zero-order valence-corrected chi connectivity index (χ0v) is 6.14. The molecule has 0 N–H and O–H groups in total. The molecule has 1 heterocycles. The van der Waals surface area contributed by atoms with Crippen LogP contribution in [0.25, 0.3) is 0 Å². The molecule has 0 aromatic rings. The van der Waals surface area contributed by atoms with E-state index in [1.54, 1.807) is 6.08 Å². The molecule has 2 heteroatoms. The molecule has 10 heavy (non-hydrogen) atoms. The minimum Gasteiger partial charge on any atom is -0.347 e. The quantitative estimate of drug-likeness (QED) is 0.540. The van der Waals surface area contributed by atoms with Gasteiger partial charge in [-0.2, -0.15) is 5.11 Å². The Hall–Kier alpha value is -0.340. The van der Waals surface area contributed by atoms with E-state index < -0.39 is 5.79 Å². The standard InChI is InChI=1S/C8H13O2/c1-2-5-8(9)6-3-4-7-10-8/h2H,1,3-7H2. The van der Waals surface area contributed by atoms with E-state index in [1.165, 1.54) is 0 Å². The van der Waals surface area contributed by atoms with E-state index in [0.29, 0.717) is 19.4 Å². The fraction of sp³-hybridized carbons (Fsp3) is 0.750. The first-order chi connectivity index (χ1) is 4.77. The van der Waals surface area contributed by atoms with Gasteiger partial charge in [0, 0.05) is 12.8 Å². The van der Waals surface area contributed by atoms with Crippen LogP contribution in [0.5, 0.6) is 0 Å². The second-order valence-electron chi connectivity index (χ2n) is 2.71. The van der Waals surface area contributed by atoms with Crippen LogP contribution in [-0.4, -0.2) is 12.4 Å². The molecule has 0 aromatic carbocycles. The highest BCUT2D eigenvalue weighted by Gasteiger charge is 2.30. The van der Waals surface area contributed by atoms with Crippen LogP contribution in [0.2, 0.25) is 0 Å². The van der Waals surface area contributed by atoms with Gasteiger partial charge in [-0.25, -0.2) is 0 Å². The van der Waals surface area contributed by atoms with Gasteiger partial charge in [0.25, 0.3) is 0 Å². The van der Waals surface area contributed by atoms with Crippen molar-refractivity contribution in [2.45, 2.75) is 31.5 Å². The molecule has 1 aliphatic heterocycles. The minimum atomic E-state index is -1.14. The van der Waals surface area contributed by atoms with Crippen LogP contribution in [0.4, 0.5) is 0 Å². The van der Waals surface area contributed by atoms with Crippen LogP contribution in [-0.2, 0) is 9.84 Å². The lowest BCUT2D eigenvalue weighted by Gasteiger charge is -2.28. The van der Waals surface area contributed by atoms with E-state index in [-0.39, 0.29) is 0 Å². The fourth-order valence-corrected chi connectivity index (χ4v) is 1.21. The molecule has 1 saturated heterocycles. The summed E-state index contributed by atoms with van der Waals surface area (Å²) in [5.74, 6) is -1.14. The molecule has 0 aromatic heterocycles. The van der Waals surface area contributed by atoms with E-state index in [2.05, 4.69) is 6.58 Å². The second-order valence-corrected chi connectivity index (χ2v) is 2.71. The number of hydrogen-bond donors (Lipinski definition) is 0. The zero-order chi connectivity index (χ0) is 7.45. The molecule has 57 valence electrons.